The Labute approximate surface area is 143 Å². The second-order valence-corrected chi connectivity index (χ2v) is 4.85. The van der Waals surface area contributed by atoms with E-state index in [4.69, 9.17) is 23.0 Å². The van der Waals surface area contributed by atoms with Gasteiger partial charge in [0.2, 0.25) is 0 Å². The minimum absolute atomic E-state index is 0.151. The van der Waals surface area contributed by atoms with Crippen molar-refractivity contribution in [3.05, 3.63) is 48.0 Å². The summed E-state index contributed by atoms with van der Waals surface area (Å²) in [4.78, 5) is 12.2. The number of carbonyl (C=O) groups is 1. The third-order valence-electron chi connectivity index (χ3n) is 3.22. The largest absolute Gasteiger partial charge is 0.493 e. The number of rotatable bonds is 7. The van der Waals surface area contributed by atoms with E-state index in [-0.39, 0.29) is 18.4 Å². The van der Waals surface area contributed by atoms with Crippen LogP contribution in [0, 0.1) is 0 Å². The number of ether oxygens (including phenoxy) is 3. The van der Waals surface area contributed by atoms with E-state index >= 15 is 0 Å². The molecule has 0 atom stereocenters. The summed E-state index contributed by atoms with van der Waals surface area (Å²) in [6, 6.07) is 8.20. The maximum atomic E-state index is 12.2. The Morgan fingerprint density at radius 3 is 2.80 bits per heavy atom. The molecule has 0 unspecified atom stereocenters. The molecule has 2 aromatic heterocycles. The third kappa shape index (κ3) is 3.79. The van der Waals surface area contributed by atoms with E-state index in [1.807, 2.05) is 6.92 Å². The van der Waals surface area contributed by atoms with Crippen molar-refractivity contribution in [2.45, 2.75) is 13.5 Å². The van der Waals surface area contributed by atoms with Gasteiger partial charge in [0.25, 0.3) is 11.8 Å². The monoisotopic (exact) mass is 344 g/mol. The number of carbonyl (C=O) groups excluding carboxylic acids is 1. The van der Waals surface area contributed by atoms with Crippen molar-refractivity contribution >= 4 is 5.97 Å². The molecule has 8 heteroatoms. The first-order chi connectivity index (χ1) is 12.2. The van der Waals surface area contributed by atoms with Crippen LogP contribution in [0.3, 0.4) is 0 Å². The smallest absolute Gasteiger partial charge is 0.338 e. The van der Waals surface area contributed by atoms with Gasteiger partial charge in [-0.25, -0.2) is 4.79 Å². The molecular weight excluding hydrogens is 328 g/mol. The van der Waals surface area contributed by atoms with Crippen molar-refractivity contribution in [2.75, 3.05) is 13.7 Å². The molecule has 0 aliphatic rings. The van der Waals surface area contributed by atoms with Gasteiger partial charge >= 0.3 is 5.97 Å². The van der Waals surface area contributed by atoms with Crippen molar-refractivity contribution in [3.8, 4) is 23.1 Å². The number of hydrogen-bond acceptors (Lipinski definition) is 8. The van der Waals surface area contributed by atoms with Gasteiger partial charge in [0.1, 0.15) is 0 Å². The van der Waals surface area contributed by atoms with Crippen molar-refractivity contribution in [3.63, 3.8) is 0 Å². The van der Waals surface area contributed by atoms with Crippen LogP contribution in [-0.2, 0) is 11.3 Å². The highest BCUT2D eigenvalue weighted by Crippen LogP contribution is 2.28. The summed E-state index contributed by atoms with van der Waals surface area (Å²) in [7, 11) is 1.50. The first kappa shape index (κ1) is 16.6. The zero-order chi connectivity index (χ0) is 17.6. The first-order valence-corrected chi connectivity index (χ1v) is 7.55. The van der Waals surface area contributed by atoms with Crippen molar-refractivity contribution < 1.29 is 27.8 Å². The average molecular weight is 344 g/mol. The molecule has 0 bridgehead atoms. The molecule has 1 aromatic carbocycles. The van der Waals surface area contributed by atoms with Gasteiger partial charge in [-0.2, -0.15) is 0 Å². The molecule has 0 saturated heterocycles. The van der Waals surface area contributed by atoms with Crippen LogP contribution in [0.15, 0.2) is 45.4 Å². The lowest BCUT2D eigenvalue weighted by Crippen LogP contribution is -2.06. The summed E-state index contributed by atoms with van der Waals surface area (Å²) < 4.78 is 26.3. The zero-order valence-electron chi connectivity index (χ0n) is 13.7. The SMILES string of the molecule is CCOc1ccc(C(=O)OCc2nnc(-c3ccco3)o2)cc1OC. The molecule has 0 aliphatic carbocycles. The van der Waals surface area contributed by atoms with Gasteiger partial charge in [0, 0.05) is 0 Å². The summed E-state index contributed by atoms with van der Waals surface area (Å²) >= 11 is 0. The normalized spacial score (nSPS) is 10.5. The summed E-state index contributed by atoms with van der Waals surface area (Å²) in [6.45, 7) is 2.21. The molecule has 25 heavy (non-hydrogen) atoms. The zero-order valence-corrected chi connectivity index (χ0v) is 13.7. The first-order valence-electron chi connectivity index (χ1n) is 7.55. The fourth-order valence-corrected chi connectivity index (χ4v) is 2.09. The molecule has 0 spiro atoms. The quantitative estimate of drug-likeness (QED) is 0.603. The molecule has 2 heterocycles. The van der Waals surface area contributed by atoms with Crippen LogP contribution in [0.1, 0.15) is 23.2 Å². The number of esters is 1. The third-order valence-corrected chi connectivity index (χ3v) is 3.22. The van der Waals surface area contributed by atoms with Crippen molar-refractivity contribution in [1.82, 2.24) is 10.2 Å². The second-order valence-electron chi connectivity index (χ2n) is 4.85. The topological polar surface area (TPSA) is 96.8 Å². The molecular formula is C17H16N2O6. The van der Waals surface area contributed by atoms with Gasteiger partial charge in [-0.1, -0.05) is 0 Å². The molecule has 3 rings (SSSR count). The Morgan fingerprint density at radius 2 is 2.08 bits per heavy atom. The van der Waals surface area contributed by atoms with Gasteiger partial charge in [0.15, 0.2) is 23.9 Å². The van der Waals surface area contributed by atoms with E-state index in [1.165, 1.54) is 13.4 Å². The van der Waals surface area contributed by atoms with Crippen molar-refractivity contribution in [1.29, 1.82) is 0 Å². The minimum Gasteiger partial charge on any atom is -0.493 e. The summed E-state index contributed by atoms with van der Waals surface area (Å²) in [5, 5.41) is 7.64. The predicted molar refractivity (Wildman–Crippen MR) is 85.3 cm³/mol. The van der Waals surface area contributed by atoms with Crippen LogP contribution in [0.2, 0.25) is 0 Å². The highest BCUT2D eigenvalue weighted by atomic mass is 16.5. The number of nitrogens with zero attached hydrogens (tertiary/aromatic N) is 2. The van der Waals surface area contributed by atoms with E-state index in [0.717, 1.165) is 0 Å². The highest BCUT2D eigenvalue weighted by Gasteiger charge is 2.15. The van der Waals surface area contributed by atoms with Gasteiger partial charge in [-0.15, -0.1) is 10.2 Å². The van der Waals surface area contributed by atoms with Crippen LogP contribution in [0.25, 0.3) is 11.7 Å². The Balaban J connectivity index is 1.64. The second kappa shape index (κ2) is 7.52. The van der Waals surface area contributed by atoms with Crippen LogP contribution >= 0.6 is 0 Å². The summed E-state index contributed by atoms with van der Waals surface area (Å²) in [5.74, 6) is 1.30. The van der Waals surface area contributed by atoms with Gasteiger partial charge in [-0.05, 0) is 37.3 Å². The predicted octanol–water partition coefficient (Wildman–Crippen LogP) is 3.09. The molecule has 0 aliphatic heterocycles. The van der Waals surface area contributed by atoms with Crippen molar-refractivity contribution in [2.24, 2.45) is 0 Å². The molecule has 130 valence electrons. The Kier molecular flexibility index (Phi) is 4.98. The van der Waals surface area contributed by atoms with E-state index in [2.05, 4.69) is 10.2 Å². The molecule has 0 fully saturated rings. The Hall–Kier alpha value is -3.29. The number of aromatic nitrogens is 2. The summed E-state index contributed by atoms with van der Waals surface area (Å²) in [5.41, 5.74) is 0.325. The minimum atomic E-state index is -0.543. The number of furan rings is 1. The van der Waals surface area contributed by atoms with E-state index in [0.29, 0.717) is 29.4 Å². The standard InChI is InChI=1S/C17H16N2O6/c1-3-22-12-7-6-11(9-14(12)21-2)17(20)24-10-15-18-19-16(25-15)13-5-4-8-23-13/h4-9H,3,10H2,1-2H3. The van der Waals surface area contributed by atoms with Crippen LogP contribution in [-0.4, -0.2) is 29.9 Å². The van der Waals surface area contributed by atoms with E-state index < -0.39 is 5.97 Å². The Morgan fingerprint density at radius 1 is 1.20 bits per heavy atom. The van der Waals surface area contributed by atoms with Crippen LogP contribution < -0.4 is 9.47 Å². The Bertz CT molecular complexity index is 841. The number of methoxy groups -OCH3 is 1. The lowest BCUT2D eigenvalue weighted by molar-refractivity contribution is 0.0438. The maximum absolute atomic E-state index is 12.2. The van der Waals surface area contributed by atoms with E-state index in [1.54, 1.807) is 30.3 Å². The van der Waals surface area contributed by atoms with Gasteiger partial charge in [0.05, 0.1) is 25.5 Å². The summed E-state index contributed by atoms with van der Waals surface area (Å²) in [6.07, 6.45) is 1.50. The lowest BCUT2D eigenvalue weighted by atomic mass is 10.2. The maximum Gasteiger partial charge on any atom is 0.338 e. The molecule has 0 amide bonds. The average Bonchev–Trinajstić information content (AvgIpc) is 3.31. The highest BCUT2D eigenvalue weighted by molar-refractivity contribution is 5.90. The van der Waals surface area contributed by atoms with Crippen LogP contribution in [0.5, 0.6) is 11.5 Å². The van der Waals surface area contributed by atoms with E-state index in [9.17, 15) is 4.79 Å². The molecule has 0 N–H and O–H groups in total. The number of benzene rings is 1. The number of hydrogen-bond donors (Lipinski definition) is 0. The molecule has 3 aromatic rings. The molecule has 0 radical (unpaired) electrons. The van der Waals surface area contributed by atoms with Crippen LogP contribution in [0.4, 0.5) is 0 Å². The fourth-order valence-electron chi connectivity index (χ4n) is 2.09. The molecule has 8 nitrogen and oxygen atoms in total. The van der Waals surface area contributed by atoms with Gasteiger partial charge < -0.3 is 23.0 Å². The van der Waals surface area contributed by atoms with Gasteiger partial charge in [-0.3, -0.25) is 0 Å². The lowest BCUT2D eigenvalue weighted by Gasteiger charge is -2.10. The fraction of sp³-hybridized carbons (Fsp3) is 0.235. The molecule has 0 saturated carbocycles.